The van der Waals surface area contributed by atoms with Gasteiger partial charge in [-0.05, 0) is 26.6 Å². The molecule has 0 aromatic carbocycles. The van der Waals surface area contributed by atoms with Crippen molar-refractivity contribution in [3.05, 3.63) is 0 Å². The van der Waals surface area contributed by atoms with Crippen LogP contribution in [-0.2, 0) is 9.22 Å². The summed E-state index contributed by atoms with van der Waals surface area (Å²) in [5.74, 6) is 0. The molecular weight excluding hydrogens is 146 g/mol. The highest BCUT2D eigenvalue weighted by Crippen LogP contribution is 2.00. The lowest BCUT2D eigenvalue weighted by molar-refractivity contribution is 0.334. The van der Waals surface area contributed by atoms with E-state index in [0.717, 1.165) is 12.7 Å². The molecule has 0 heterocycles. The molecule has 4 heteroatoms. The van der Waals surface area contributed by atoms with Gasteiger partial charge in [0.15, 0.2) is 8.32 Å². The summed E-state index contributed by atoms with van der Waals surface area (Å²) in [6.45, 7) is 9.48. The molecule has 3 nitrogen and oxygen atoms in total. The maximum absolute atomic E-state index is 8.35. The Morgan fingerprint density at radius 1 is 1.50 bits per heavy atom. The summed E-state index contributed by atoms with van der Waals surface area (Å²) < 4.78 is 5.37. The molecule has 0 aliphatic heterocycles. The van der Waals surface area contributed by atoms with Crippen molar-refractivity contribution in [3.8, 4) is 0 Å². The third-order valence-electron chi connectivity index (χ3n) is 0.577. The molecule has 1 N–H and O–H groups in total. The summed E-state index contributed by atoms with van der Waals surface area (Å²) in [7, 11) is -1.16. The second kappa shape index (κ2) is 6.67. The normalized spacial score (nSPS) is 9.20. The summed E-state index contributed by atoms with van der Waals surface area (Å²) in [5.41, 5.74) is 0. The fraction of sp³-hybridized carbons (Fsp3) is 0.833. The molecule has 0 rings (SSSR count). The zero-order valence-corrected chi connectivity index (χ0v) is 8.02. The second-order valence-electron chi connectivity index (χ2n) is 2.65. The summed E-state index contributed by atoms with van der Waals surface area (Å²) in [6, 6.07) is 0. The van der Waals surface area contributed by atoms with Gasteiger partial charge in [-0.1, -0.05) is 0 Å². The summed E-state index contributed by atoms with van der Waals surface area (Å²) >= 11 is 0. The molecule has 0 spiro atoms. The molecule has 0 aliphatic rings. The van der Waals surface area contributed by atoms with Crippen molar-refractivity contribution < 1.29 is 9.22 Å². The number of nitrogens with one attached hydrogen (secondary N) is 1. The smallest absolute Gasteiger partial charge is 0.231 e. The molecule has 0 unspecified atom stereocenters. The molecule has 0 aliphatic carbocycles. The quantitative estimate of drug-likeness (QED) is 0.381. The highest BCUT2D eigenvalue weighted by Gasteiger charge is 2.11. The van der Waals surface area contributed by atoms with Crippen molar-refractivity contribution in [1.82, 2.24) is 0 Å². The van der Waals surface area contributed by atoms with Crippen LogP contribution in [0.2, 0.25) is 19.6 Å². The van der Waals surface area contributed by atoms with E-state index >= 15 is 0 Å². The van der Waals surface area contributed by atoms with Crippen LogP contribution < -0.4 is 0 Å². The zero-order valence-electron chi connectivity index (χ0n) is 7.02. The fourth-order valence-electron chi connectivity index (χ4n) is 0.433. The molecule has 0 saturated heterocycles. The minimum Gasteiger partial charge on any atom is -0.418 e. The molecule has 0 radical (unpaired) electrons. The SMILES string of the molecule is CCO[Si](C)(C)C.N=C=O. The molecular formula is C6H15NO2Si. The molecule has 0 fully saturated rings. The van der Waals surface area contributed by atoms with Crippen LogP contribution in [0.3, 0.4) is 0 Å². The average Bonchev–Trinajstić information content (AvgIpc) is 1.63. The van der Waals surface area contributed by atoms with Gasteiger partial charge in [0.05, 0.1) is 0 Å². The predicted octanol–water partition coefficient (Wildman–Crippen LogP) is 1.76. The van der Waals surface area contributed by atoms with Gasteiger partial charge >= 0.3 is 0 Å². The van der Waals surface area contributed by atoms with Gasteiger partial charge in [0.2, 0.25) is 6.08 Å². The minimum absolute atomic E-state index is 0.750. The lowest BCUT2D eigenvalue weighted by Gasteiger charge is -2.14. The van der Waals surface area contributed by atoms with E-state index in [9.17, 15) is 0 Å². The number of rotatable bonds is 2. The Hall–Kier alpha value is -0.443. The highest BCUT2D eigenvalue weighted by molar-refractivity contribution is 6.69. The third kappa shape index (κ3) is 25.7. The van der Waals surface area contributed by atoms with Gasteiger partial charge in [-0.2, -0.15) is 0 Å². The van der Waals surface area contributed by atoms with Gasteiger partial charge in [-0.15, -0.1) is 0 Å². The van der Waals surface area contributed by atoms with Crippen molar-refractivity contribution in [3.63, 3.8) is 0 Å². The number of carbonyl (C=O) groups excluding carboxylic acids is 1. The highest BCUT2D eigenvalue weighted by atomic mass is 28.4. The third-order valence-corrected chi connectivity index (χ3v) is 1.73. The van der Waals surface area contributed by atoms with Crippen LogP contribution in [0.4, 0.5) is 0 Å². The van der Waals surface area contributed by atoms with Crippen molar-refractivity contribution in [1.29, 1.82) is 5.41 Å². The van der Waals surface area contributed by atoms with Crippen LogP contribution in [0, 0.1) is 5.41 Å². The molecule has 0 aromatic rings. The number of hydrogen-bond donors (Lipinski definition) is 1. The summed E-state index contributed by atoms with van der Waals surface area (Å²) in [6.07, 6.45) is 0.750. The Balaban J connectivity index is 0. The maximum Gasteiger partial charge on any atom is 0.231 e. The Bertz CT molecular complexity index is 103. The van der Waals surface area contributed by atoms with E-state index in [1.807, 2.05) is 6.92 Å². The van der Waals surface area contributed by atoms with Gasteiger partial charge in [0.25, 0.3) is 0 Å². The van der Waals surface area contributed by atoms with Crippen LogP contribution in [-0.4, -0.2) is 21.0 Å². The van der Waals surface area contributed by atoms with Crippen molar-refractivity contribution in [2.75, 3.05) is 6.61 Å². The van der Waals surface area contributed by atoms with Gasteiger partial charge in [0, 0.05) is 6.61 Å². The molecule has 0 amide bonds. The van der Waals surface area contributed by atoms with Crippen LogP contribution >= 0.6 is 0 Å². The lowest BCUT2D eigenvalue weighted by Crippen LogP contribution is -2.24. The molecule has 0 atom stereocenters. The van der Waals surface area contributed by atoms with Crippen LogP contribution in [0.15, 0.2) is 0 Å². The Morgan fingerprint density at radius 2 is 1.80 bits per heavy atom. The average molecular weight is 161 g/mol. The van der Waals surface area contributed by atoms with Gasteiger partial charge in [-0.3, -0.25) is 0 Å². The summed E-state index contributed by atoms with van der Waals surface area (Å²) in [4.78, 5) is 8.35. The van der Waals surface area contributed by atoms with E-state index in [4.69, 9.17) is 14.6 Å². The van der Waals surface area contributed by atoms with E-state index in [2.05, 4.69) is 19.6 Å². The van der Waals surface area contributed by atoms with E-state index in [1.165, 1.54) is 0 Å². The Morgan fingerprint density at radius 3 is 1.80 bits per heavy atom. The van der Waals surface area contributed by atoms with E-state index in [-0.39, 0.29) is 0 Å². The van der Waals surface area contributed by atoms with Crippen molar-refractivity contribution in [2.24, 2.45) is 0 Å². The first kappa shape index (κ1) is 12.3. The first-order chi connectivity index (χ1) is 4.47. The molecule has 0 bridgehead atoms. The summed E-state index contributed by atoms with van der Waals surface area (Å²) in [5, 5.41) is 5.40. The first-order valence-electron chi connectivity index (χ1n) is 3.15. The minimum atomic E-state index is -1.16. The molecule has 10 heavy (non-hydrogen) atoms. The molecule has 0 saturated carbocycles. The fourth-order valence-corrected chi connectivity index (χ4v) is 1.30. The maximum atomic E-state index is 8.35. The predicted molar refractivity (Wildman–Crippen MR) is 43.4 cm³/mol. The van der Waals surface area contributed by atoms with E-state index in [1.54, 1.807) is 0 Å². The van der Waals surface area contributed by atoms with Crippen LogP contribution in [0.1, 0.15) is 6.92 Å². The van der Waals surface area contributed by atoms with Crippen molar-refractivity contribution in [2.45, 2.75) is 26.6 Å². The van der Waals surface area contributed by atoms with E-state index in [0.29, 0.717) is 0 Å². The van der Waals surface area contributed by atoms with Gasteiger partial charge < -0.3 is 4.43 Å². The van der Waals surface area contributed by atoms with Crippen LogP contribution in [0.25, 0.3) is 0 Å². The topological polar surface area (TPSA) is 50.1 Å². The van der Waals surface area contributed by atoms with Gasteiger partial charge in [0.1, 0.15) is 0 Å². The number of isocyanates is 1. The molecule has 60 valence electrons. The number of hydrogen-bond acceptors (Lipinski definition) is 3. The Kier molecular flexibility index (Phi) is 8.18. The van der Waals surface area contributed by atoms with E-state index < -0.39 is 8.32 Å². The zero-order chi connectivity index (χ0) is 8.62. The van der Waals surface area contributed by atoms with Crippen LogP contribution in [0.5, 0.6) is 0 Å². The second-order valence-corrected chi connectivity index (χ2v) is 7.16. The van der Waals surface area contributed by atoms with Gasteiger partial charge in [-0.25, -0.2) is 10.2 Å². The largest absolute Gasteiger partial charge is 0.418 e. The lowest BCUT2D eigenvalue weighted by atomic mass is 10.9. The monoisotopic (exact) mass is 161 g/mol. The standard InChI is InChI=1S/C5H14OSi.CHNO/c1-5-6-7(2,3)4;2-1-3/h5H2,1-4H3;2H. The first-order valence-corrected chi connectivity index (χ1v) is 6.56. The van der Waals surface area contributed by atoms with Crippen molar-refractivity contribution >= 4 is 14.4 Å². The molecule has 0 aromatic heterocycles. The Labute approximate surface area is 63.0 Å².